The average Bonchev–Trinajstić information content (AvgIpc) is 3.18. The normalized spacial score (nSPS) is 32.2. The number of carboxylic acids is 1. The maximum absolute atomic E-state index is 13.4. The fraction of sp³-hybridized carbons (Fsp3) is 0.520. The largest absolute Gasteiger partial charge is 0.479 e. The van der Waals surface area contributed by atoms with Crippen molar-refractivity contribution in [3.63, 3.8) is 0 Å². The summed E-state index contributed by atoms with van der Waals surface area (Å²) in [6.45, 7) is 0.615. The Bertz CT molecular complexity index is 1150. The summed E-state index contributed by atoms with van der Waals surface area (Å²) in [4.78, 5) is 42.1. The van der Waals surface area contributed by atoms with Gasteiger partial charge in [-0.1, -0.05) is 42.5 Å². The van der Waals surface area contributed by atoms with Gasteiger partial charge in [-0.2, -0.15) is 4.80 Å². The molecule has 3 aliphatic rings. The second-order valence-electron chi connectivity index (χ2n) is 9.90. The van der Waals surface area contributed by atoms with Gasteiger partial charge in [-0.25, -0.2) is 4.79 Å². The number of amides is 2. The van der Waals surface area contributed by atoms with Crippen LogP contribution in [0.5, 0.6) is 0 Å². The van der Waals surface area contributed by atoms with E-state index in [1.165, 1.54) is 4.80 Å². The number of nitrogens with one attached hydrogen (secondary N) is 1. The molecule has 0 radical (unpaired) electrons. The van der Waals surface area contributed by atoms with Crippen molar-refractivity contribution in [3.8, 4) is 11.4 Å². The van der Waals surface area contributed by atoms with Crippen molar-refractivity contribution in [1.29, 1.82) is 0 Å². The number of carboxylic acid groups (broad SMARTS) is 1. The Hall–Kier alpha value is -3.56. The molecule has 10 heteroatoms. The van der Waals surface area contributed by atoms with Crippen LogP contribution in [-0.4, -0.2) is 67.1 Å². The van der Waals surface area contributed by atoms with Crippen LogP contribution in [0.15, 0.2) is 42.5 Å². The molecule has 2 N–H and O–H groups in total. The van der Waals surface area contributed by atoms with Crippen molar-refractivity contribution in [3.05, 3.63) is 42.5 Å². The smallest absolute Gasteiger partial charge is 0.330 e. The van der Waals surface area contributed by atoms with Crippen molar-refractivity contribution in [2.45, 2.75) is 50.1 Å². The molecule has 2 saturated carbocycles. The van der Waals surface area contributed by atoms with Gasteiger partial charge in [0.05, 0.1) is 17.9 Å². The lowest BCUT2D eigenvalue weighted by molar-refractivity contribution is -0.145. The van der Waals surface area contributed by atoms with E-state index < -0.39 is 29.3 Å². The third kappa shape index (κ3) is 4.44. The first-order chi connectivity index (χ1) is 16.9. The summed E-state index contributed by atoms with van der Waals surface area (Å²) < 4.78 is 0. The molecule has 2 heterocycles. The summed E-state index contributed by atoms with van der Waals surface area (Å²) >= 11 is 0. The molecule has 1 aliphatic heterocycles. The van der Waals surface area contributed by atoms with Gasteiger partial charge in [0.1, 0.15) is 5.54 Å². The zero-order chi connectivity index (χ0) is 24.6. The SMILES string of the molecule is CN1CCCC/C=C\[C@@H]2C[C@@]2(C(=O)O)NC(=O)[C@@H]2C[C@@H](n3nnc(-c4ccccc4)n3)C[C@H]2C1=O. The predicted octanol–water partition coefficient (Wildman–Crippen LogP) is 2.07. The first-order valence-electron chi connectivity index (χ1n) is 12.2. The van der Waals surface area contributed by atoms with E-state index in [9.17, 15) is 19.5 Å². The molecular formula is C25H30N6O4. The second-order valence-corrected chi connectivity index (χ2v) is 9.90. The van der Waals surface area contributed by atoms with Crippen molar-refractivity contribution < 1.29 is 19.5 Å². The Morgan fingerprint density at radius 2 is 1.91 bits per heavy atom. The quantitative estimate of drug-likeness (QED) is 0.646. The second kappa shape index (κ2) is 9.24. The molecule has 10 nitrogen and oxygen atoms in total. The Balaban J connectivity index is 1.41. The van der Waals surface area contributed by atoms with Gasteiger partial charge in [-0.05, 0) is 43.7 Å². The fourth-order valence-corrected chi connectivity index (χ4v) is 5.39. The molecular weight excluding hydrogens is 448 g/mol. The molecule has 5 rings (SSSR count). The van der Waals surface area contributed by atoms with E-state index in [-0.39, 0.29) is 17.9 Å². The zero-order valence-corrected chi connectivity index (χ0v) is 19.7. The highest BCUT2D eigenvalue weighted by molar-refractivity contribution is 5.94. The van der Waals surface area contributed by atoms with Gasteiger partial charge in [0.2, 0.25) is 17.6 Å². The minimum absolute atomic E-state index is 0.0969. The van der Waals surface area contributed by atoms with E-state index in [0.717, 1.165) is 24.8 Å². The number of tetrazole rings is 1. The Labute approximate surface area is 203 Å². The van der Waals surface area contributed by atoms with Crippen LogP contribution < -0.4 is 5.32 Å². The molecule has 184 valence electrons. The Morgan fingerprint density at radius 1 is 1.14 bits per heavy atom. The van der Waals surface area contributed by atoms with Crippen LogP contribution in [0.2, 0.25) is 0 Å². The number of carbonyl (C=O) groups excluding carboxylic acids is 2. The minimum Gasteiger partial charge on any atom is -0.479 e. The van der Waals surface area contributed by atoms with E-state index in [0.29, 0.717) is 31.6 Å². The highest BCUT2D eigenvalue weighted by Crippen LogP contribution is 2.47. The van der Waals surface area contributed by atoms with E-state index in [1.54, 1.807) is 11.9 Å². The van der Waals surface area contributed by atoms with Gasteiger partial charge in [0, 0.05) is 25.1 Å². The van der Waals surface area contributed by atoms with Crippen molar-refractivity contribution in [2.24, 2.45) is 17.8 Å². The molecule has 0 unspecified atom stereocenters. The van der Waals surface area contributed by atoms with Gasteiger partial charge >= 0.3 is 5.97 Å². The molecule has 5 atom stereocenters. The van der Waals surface area contributed by atoms with Gasteiger partial charge in [-0.3, -0.25) is 9.59 Å². The zero-order valence-electron chi connectivity index (χ0n) is 19.7. The minimum atomic E-state index is -1.29. The van der Waals surface area contributed by atoms with Crippen LogP contribution >= 0.6 is 0 Å². The van der Waals surface area contributed by atoms with Gasteiger partial charge in [0.25, 0.3) is 0 Å². The number of nitrogens with zero attached hydrogens (tertiary/aromatic N) is 5. The van der Waals surface area contributed by atoms with Gasteiger partial charge in [0.15, 0.2) is 0 Å². The summed E-state index contributed by atoms with van der Waals surface area (Å²) in [5, 5.41) is 25.6. The van der Waals surface area contributed by atoms with E-state index in [2.05, 4.69) is 20.7 Å². The van der Waals surface area contributed by atoms with Crippen LogP contribution in [0.25, 0.3) is 11.4 Å². The molecule has 2 aromatic rings. The lowest BCUT2D eigenvalue weighted by atomic mass is 9.93. The first kappa shape index (κ1) is 23.2. The number of aromatic nitrogens is 4. The number of aliphatic carboxylic acids is 1. The maximum Gasteiger partial charge on any atom is 0.330 e. The standard InChI is InChI=1S/C25H30N6O4/c1-30-12-8-3-2-7-11-17-15-25(17,24(34)35)26-22(32)19-13-18(14-20(19)23(30)33)31-28-21(27-29-31)16-9-5-4-6-10-16/h4-7,9-11,17-20H,2-3,8,12-15H2,1H3,(H,26,32)(H,34,35)/b11-7-/t17-,18-,19-,20-,25-/m1/s1. The Kier molecular flexibility index (Phi) is 6.12. The first-order valence-corrected chi connectivity index (χ1v) is 12.2. The summed E-state index contributed by atoms with van der Waals surface area (Å²) in [7, 11) is 1.77. The van der Waals surface area contributed by atoms with E-state index in [1.807, 2.05) is 42.5 Å². The van der Waals surface area contributed by atoms with Crippen LogP contribution in [0.3, 0.4) is 0 Å². The number of benzene rings is 1. The molecule has 0 saturated heterocycles. The highest BCUT2D eigenvalue weighted by Gasteiger charge is 2.61. The molecule has 35 heavy (non-hydrogen) atoms. The average molecular weight is 479 g/mol. The van der Waals surface area contributed by atoms with E-state index >= 15 is 0 Å². The van der Waals surface area contributed by atoms with Crippen molar-refractivity contribution in [2.75, 3.05) is 13.6 Å². The topological polar surface area (TPSA) is 130 Å². The molecule has 1 aromatic heterocycles. The highest BCUT2D eigenvalue weighted by atomic mass is 16.4. The summed E-state index contributed by atoms with van der Waals surface area (Å²) in [6.07, 6.45) is 7.58. The summed E-state index contributed by atoms with van der Waals surface area (Å²) in [6, 6.07) is 9.20. The summed E-state index contributed by atoms with van der Waals surface area (Å²) in [5.74, 6) is -2.50. The third-order valence-electron chi connectivity index (χ3n) is 7.58. The van der Waals surface area contributed by atoms with Crippen LogP contribution in [-0.2, 0) is 14.4 Å². The molecule has 0 bridgehead atoms. The van der Waals surface area contributed by atoms with Gasteiger partial charge in [-0.15, -0.1) is 10.2 Å². The number of allylic oxidation sites excluding steroid dienone is 1. The third-order valence-corrected chi connectivity index (χ3v) is 7.58. The lowest BCUT2D eigenvalue weighted by Crippen LogP contribution is -2.49. The van der Waals surface area contributed by atoms with Gasteiger partial charge < -0.3 is 15.3 Å². The lowest BCUT2D eigenvalue weighted by Gasteiger charge is -2.26. The number of carbonyl (C=O) groups is 3. The molecule has 1 aromatic carbocycles. The maximum atomic E-state index is 13.4. The van der Waals surface area contributed by atoms with Crippen LogP contribution in [0, 0.1) is 17.8 Å². The predicted molar refractivity (Wildman–Crippen MR) is 126 cm³/mol. The number of fused-ring (bicyclic) bond motifs is 2. The Morgan fingerprint density at radius 3 is 2.69 bits per heavy atom. The number of hydrogen-bond acceptors (Lipinski definition) is 6. The number of rotatable bonds is 3. The van der Waals surface area contributed by atoms with Crippen LogP contribution in [0.4, 0.5) is 0 Å². The molecule has 2 fully saturated rings. The van der Waals surface area contributed by atoms with E-state index in [4.69, 9.17) is 0 Å². The van der Waals surface area contributed by atoms with Crippen molar-refractivity contribution >= 4 is 17.8 Å². The molecule has 0 spiro atoms. The fourth-order valence-electron chi connectivity index (χ4n) is 5.39. The van der Waals surface area contributed by atoms with Crippen molar-refractivity contribution in [1.82, 2.24) is 30.4 Å². The molecule has 2 aliphatic carbocycles. The monoisotopic (exact) mass is 478 g/mol. The van der Waals surface area contributed by atoms with Crippen LogP contribution in [0.1, 0.15) is 44.6 Å². The summed E-state index contributed by atoms with van der Waals surface area (Å²) in [5.41, 5.74) is -0.457. The molecule has 2 amide bonds. The number of hydrogen-bond donors (Lipinski definition) is 2.